The van der Waals surface area contributed by atoms with Crippen molar-refractivity contribution in [2.24, 2.45) is 0 Å². The van der Waals surface area contributed by atoms with Crippen LogP contribution in [0.1, 0.15) is 46.5 Å². The maximum atomic E-state index is 12.2. The summed E-state index contributed by atoms with van der Waals surface area (Å²) in [6, 6.07) is 0. The Kier molecular flexibility index (Phi) is 6.74. The van der Waals surface area contributed by atoms with Crippen molar-refractivity contribution in [2.75, 3.05) is 0 Å². The van der Waals surface area contributed by atoms with E-state index in [-0.39, 0.29) is 16.9 Å². The summed E-state index contributed by atoms with van der Waals surface area (Å²) in [4.78, 5) is 0. The number of nitrogens with one attached hydrogen (secondary N) is 2. The Hall–Kier alpha value is -1.54. The van der Waals surface area contributed by atoms with E-state index in [2.05, 4.69) is 35.5 Å². The van der Waals surface area contributed by atoms with Crippen molar-refractivity contribution in [1.29, 1.82) is 0 Å². The molecule has 0 saturated heterocycles. The van der Waals surface area contributed by atoms with Crippen molar-refractivity contribution in [2.45, 2.75) is 63.8 Å². The molecule has 0 heterocycles. The summed E-state index contributed by atoms with van der Waals surface area (Å²) in [5.41, 5.74) is 2.64. The third-order valence-corrected chi connectivity index (χ3v) is 4.68. The lowest BCUT2D eigenvalue weighted by Gasteiger charge is -2.25. The van der Waals surface area contributed by atoms with Gasteiger partial charge >= 0.3 is 6.36 Å². The average Bonchev–Trinajstić information content (AvgIpc) is 2.53. The van der Waals surface area contributed by atoms with Gasteiger partial charge in [0.25, 0.3) is 0 Å². The van der Waals surface area contributed by atoms with Gasteiger partial charge in [0.1, 0.15) is 12.0 Å². The fourth-order valence-corrected chi connectivity index (χ4v) is 3.03. The Morgan fingerprint density at radius 2 is 1.65 bits per heavy atom. The van der Waals surface area contributed by atoms with E-state index in [1.54, 1.807) is 11.9 Å². The van der Waals surface area contributed by atoms with Gasteiger partial charge in [-0.2, -0.15) is 0 Å². The molecule has 4 nitrogen and oxygen atoms in total. The van der Waals surface area contributed by atoms with E-state index >= 15 is 0 Å². The second-order valence-corrected chi connectivity index (χ2v) is 8.80. The Morgan fingerprint density at radius 3 is 2.15 bits per heavy atom. The number of halogens is 3. The van der Waals surface area contributed by atoms with Crippen LogP contribution in [-0.4, -0.2) is 22.4 Å². The number of aliphatic hydroxyl groups excluding tert-OH is 1. The van der Waals surface area contributed by atoms with Crippen molar-refractivity contribution < 1.29 is 23.0 Å². The van der Waals surface area contributed by atoms with Gasteiger partial charge in [-0.15, -0.1) is 13.2 Å². The van der Waals surface area contributed by atoms with Gasteiger partial charge < -0.3 is 19.9 Å². The predicted octanol–water partition coefficient (Wildman–Crippen LogP) is 4.63. The van der Waals surface area contributed by atoms with Gasteiger partial charge in [-0.25, -0.2) is 0 Å². The number of allylic oxidation sites excluding steroid dienone is 7. The number of ether oxygens (including phenoxy) is 1. The molecule has 0 aliphatic heterocycles. The summed E-state index contributed by atoms with van der Waals surface area (Å²) in [6.07, 6.45) is 3.12. The molecule has 146 valence electrons. The lowest BCUT2D eigenvalue weighted by atomic mass is 10.0. The third-order valence-electron chi connectivity index (χ3n) is 3.70. The smallest absolute Gasteiger partial charge is 0.410 e. The normalized spacial score (nSPS) is 19.7. The van der Waals surface area contributed by atoms with Crippen LogP contribution in [0, 0.1) is 0 Å². The van der Waals surface area contributed by atoms with E-state index in [0.717, 1.165) is 17.7 Å². The van der Waals surface area contributed by atoms with Gasteiger partial charge in [-0.3, -0.25) is 0 Å². The predicted molar refractivity (Wildman–Crippen MR) is 97.6 cm³/mol. The molecule has 3 N–H and O–H groups in total. The van der Waals surface area contributed by atoms with Crippen LogP contribution in [0.15, 0.2) is 47.0 Å². The third kappa shape index (κ3) is 7.37. The Morgan fingerprint density at radius 1 is 1.00 bits per heavy atom. The van der Waals surface area contributed by atoms with Crippen LogP contribution in [0.3, 0.4) is 0 Å². The summed E-state index contributed by atoms with van der Waals surface area (Å²) in [5, 5.41) is 13.3. The summed E-state index contributed by atoms with van der Waals surface area (Å²) in [7, 11) is 0. The maximum Gasteiger partial charge on any atom is 0.572 e. The molecular weight excluding hydrogens is 365 g/mol. The van der Waals surface area contributed by atoms with Gasteiger partial charge in [0, 0.05) is 22.6 Å². The number of hydrogen-bond donors (Lipinski definition) is 3. The average molecular weight is 390 g/mol. The number of hydrogen-bond acceptors (Lipinski definition) is 5. The van der Waals surface area contributed by atoms with Crippen LogP contribution in [0.5, 0.6) is 0 Å². The zero-order chi connectivity index (χ0) is 19.4. The summed E-state index contributed by atoms with van der Waals surface area (Å²) < 4.78 is 43.9. The minimum atomic E-state index is -4.67. The van der Waals surface area contributed by atoms with E-state index in [9.17, 15) is 18.3 Å². The van der Waals surface area contributed by atoms with Crippen molar-refractivity contribution in [3.8, 4) is 0 Å². The Labute approximate surface area is 156 Å². The minimum Gasteiger partial charge on any atom is -0.410 e. The fraction of sp³-hybridized carbons (Fsp3) is 0.556. The van der Waals surface area contributed by atoms with Crippen LogP contribution in [0.4, 0.5) is 13.2 Å². The molecule has 0 aromatic rings. The topological polar surface area (TPSA) is 53.5 Å². The van der Waals surface area contributed by atoms with E-state index in [4.69, 9.17) is 0 Å². The molecule has 0 aromatic heterocycles. The first-order valence-corrected chi connectivity index (χ1v) is 9.27. The number of alkyl halides is 3. The molecular formula is C18H25F3N2O2S. The second kappa shape index (κ2) is 8.43. The molecule has 0 amide bonds. The van der Waals surface area contributed by atoms with Gasteiger partial charge in [-0.1, -0.05) is 6.08 Å². The second-order valence-electron chi connectivity index (χ2n) is 7.17. The van der Waals surface area contributed by atoms with Crippen LogP contribution in [-0.2, 0) is 4.74 Å². The maximum absolute atomic E-state index is 12.2. The molecule has 2 aliphatic rings. The molecule has 1 unspecified atom stereocenters. The van der Waals surface area contributed by atoms with Crippen molar-refractivity contribution in [1.82, 2.24) is 10.0 Å². The summed E-state index contributed by atoms with van der Waals surface area (Å²) in [5.74, 6) is -0.121. The standard InChI is InChI=1S/C18H25F3N2O2S/c1-17(2,3)26-23-14-6-4-12(5-7-14)16(24)22-13-8-10-15(11-9-13)25-18(19,20)21/h4,6,8,10,16,22-24H,5,7,9,11H2,1-3H3. The highest BCUT2D eigenvalue weighted by atomic mass is 32.2. The molecule has 0 spiro atoms. The van der Waals surface area contributed by atoms with E-state index < -0.39 is 12.6 Å². The van der Waals surface area contributed by atoms with Crippen LogP contribution < -0.4 is 10.0 Å². The highest BCUT2D eigenvalue weighted by Gasteiger charge is 2.32. The van der Waals surface area contributed by atoms with Crippen molar-refractivity contribution in [3.63, 3.8) is 0 Å². The van der Waals surface area contributed by atoms with E-state index in [0.29, 0.717) is 18.5 Å². The Bertz CT molecular complexity index is 631. The molecule has 0 bridgehead atoms. The largest absolute Gasteiger partial charge is 0.572 e. The van der Waals surface area contributed by atoms with Crippen molar-refractivity contribution >= 4 is 11.9 Å². The monoisotopic (exact) mass is 390 g/mol. The highest BCUT2D eigenvalue weighted by Crippen LogP contribution is 2.28. The molecule has 1 atom stereocenters. The molecule has 2 aliphatic carbocycles. The van der Waals surface area contributed by atoms with Crippen molar-refractivity contribution in [3.05, 3.63) is 47.0 Å². The van der Waals surface area contributed by atoms with Gasteiger partial charge in [0.15, 0.2) is 0 Å². The summed E-state index contributed by atoms with van der Waals surface area (Å²) in [6.45, 7) is 6.38. The molecule has 2 rings (SSSR count). The number of aliphatic hydroxyl groups is 1. The quantitative estimate of drug-likeness (QED) is 0.456. The molecule has 26 heavy (non-hydrogen) atoms. The van der Waals surface area contributed by atoms with Gasteiger partial charge in [0.2, 0.25) is 0 Å². The first kappa shape index (κ1) is 20.8. The zero-order valence-electron chi connectivity index (χ0n) is 15.1. The minimum absolute atomic E-state index is 0.113. The Balaban J connectivity index is 1.88. The molecule has 0 fully saturated rings. The first-order valence-electron chi connectivity index (χ1n) is 8.45. The van der Waals surface area contributed by atoms with Crippen LogP contribution >= 0.6 is 11.9 Å². The van der Waals surface area contributed by atoms with E-state index in [1.807, 2.05) is 12.2 Å². The number of rotatable bonds is 6. The SMILES string of the molecule is CC(C)(C)SNC1=CC=C(C(O)NC2=CC=C(OC(F)(F)F)CC2)CC1. The fourth-order valence-electron chi connectivity index (χ4n) is 2.43. The summed E-state index contributed by atoms with van der Waals surface area (Å²) >= 11 is 1.65. The molecule has 0 saturated carbocycles. The molecule has 0 aromatic carbocycles. The van der Waals surface area contributed by atoms with Gasteiger partial charge in [0.05, 0.1) is 0 Å². The lowest BCUT2D eigenvalue weighted by molar-refractivity contribution is -0.306. The van der Waals surface area contributed by atoms with Crippen LogP contribution in [0.25, 0.3) is 0 Å². The van der Waals surface area contributed by atoms with Gasteiger partial charge in [-0.05, 0) is 75.8 Å². The van der Waals surface area contributed by atoms with E-state index in [1.165, 1.54) is 12.2 Å². The lowest BCUT2D eigenvalue weighted by Crippen LogP contribution is -2.31. The molecule has 8 heteroatoms. The molecule has 0 radical (unpaired) electrons. The zero-order valence-corrected chi connectivity index (χ0v) is 15.9. The van der Waals surface area contributed by atoms with Crippen LogP contribution in [0.2, 0.25) is 0 Å². The first-order chi connectivity index (χ1) is 12.0. The highest BCUT2D eigenvalue weighted by molar-refractivity contribution is 7.98.